The van der Waals surface area contributed by atoms with E-state index >= 15 is 0 Å². The summed E-state index contributed by atoms with van der Waals surface area (Å²) in [4.78, 5) is 0. The second-order valence-corrected chi connectivity index (χ2v) is 4.13. The summed E-state index contributed by atoms with van der Waals surface area (Å²) in [6, 6.07) is 0. The Morgan fingerprint density at radius 1 is 0.600 bits per heavy atom. The molecule has 0 aliphatic carbocycles. The van der Waals surface area contributed by atoms with Crippen molar-refractivity contribution in [1.82, 2.24) is 0 Å². The van der Waals surface area contributed by atoms with Gasteiger partial charge in [0, 0.05) is 0 Å². The second kappa shape index (κ2) is 13.5. The van der Waals surface area contributed by atoms with Crippen molar-refractivity contribution >= 4 is 0 Å². The van der Waals surface area contributed by atoms with Crippen LogP contribution in [0.15, 0.2) is 24.3 Å². The Kier molecular flexibility index (Phi) is 13.0. The summed E-state index contributed by atoms with van der Waals surface area (Å²) in [5.41, 5.74) is 0. The van der Waals surface area contributed by atoms with Crippen LogP contribution in [0, 0.1) is 0 Å². The minimum Gasteiger partial charge on any atom is -0.0888 e. The van der Waals surface area contributed by atoms with E-state index in [1.165, 1.54) is 57.8 Å². The van der Waals surface area contributed by atoms with Gasteiger partial charge < -0.3 is 0 Å². The first-order valence-corrected chi connectivity index (χ1v) is 6.71. The fraction of sp³-hybridized carbons (Fsp3) is 0.733. The molecule has 0 aromatic carbocycles. The third-order valence-electron chi connectivity index (χ3n) is 2.53. The van der Waals surface area contributed by atoms with Gasteiger partial charge in [-0.05, 0) is 38.5 Å². The van der Waals surface area contributed by atoms with Crippen LogP contribution in [0.4, 0.5) is 0 Å². The fourth-order valence-corrected chi connectivity index (χ4v) is 1.56. The van der Waals surface area contributed by atoms with Gasteiger partial charge in [0.25, 0.3) is 0 Å². The molecule has 0 heteroatoms. The van der Waals surface area contributed by atoms with Crippen LogP contribution < -0.4 is 0 Å². The highest BCUT2D eigenvalue weighted by molar-refractivity contribution is 4.84. The van der Waals surface area contributed by atoms with Crippen molar-refractivity contribution in [3.63, 3.8) is 0 Å². The van der Waals surface area contributed by atoms with Gasteiger partial charge >= 0.3 is 0 Å². The summed E-state index contributed by atoms with van der Waals surface area (Å²) < 4.78 is 0. The first-order chi connectivity index (χ1) is 7.41. The molecule has 0 N–H and O–H groups in total. The zero-order chi connectivity index (χ0) is 11.2. The lowest BCUT2D eigenvalue weighted by Crippen LogP contribution is -1.74. The maximum atomic E-state index is 2.36. The van der Waals surface area contributed by atoms with Gasteiger partial charge in [-0.1, -0.05) is 57.4 Å². The maximum Gasteiger partial charge on any atom is -0.0348 e. The average Bonchev–Trinajstić information content (AvgIpc) is 2.26. The molecule has 0 saturated heterocycles. The Morgan fingerprint density at radius 2 is 1.20 bits per heavy atom. The molecule has 0 unspecified atom stereocenters. The summed E-state index contributed by atoms with van der Waals surface area (Å²) in [6.07, 6.45) is 21.0. The van der Waals surface area contributed by atoms with Gasteiger partial charge in [-0.15, -0.1) is 0 Å². The lowest BCUT2D eigenvalue weighted by atomic mass is 10.1. The lowest BCUT2D eigenvalue weighted by molar-refractivity contribution is 0.673. The number of rotatable bonds is 10. The summed E-state index contributed by atoms with van der Waals surface area (Å²) >= 11 is 0. The van der Waals surface area contributed by atoms with Crippen molar-refractivity contribution in [1.29, 1.82) is 0 Å². The normalized spacial score (nSPS) is 11.9. The molecule has 0 spiro atoms. The summed E-state index contributed by atoms with van der Waals surface area (Å²) in [5.74, 6) is 0. The van der Waals surface area contributed by atoms with Crippen molar-refractivity contribution < 1.29 is 0 Å². The molecule has 0 amide bonds. The van der Waals surface area contributed by atoms with Crippen molar-refractivity contribution in [3.05, 3.63) is 24.3 Å². The van der Waals surface area contributed by atoms with Crippen molar-refractivity contribution in [2.45, 2.75) is 71.6 Å². The molecule has 0 rings (SSSR count). The van der Waals surface area contributed by atoms with E-state index in [0.717, 1.165) is 0 Å². The van der Waals surface area contributed by atoms with Crippen molar-refractivity contribution in [2.75, 3.05) is 0 Å². The largest absolute Gasteiger partial charge is 0.0888 e. The van der Waals surface area contributed by atoms with Gasteiger partial charge in [0.2, 0.25) is 0 Å². The molecule has 88 valence electrons. The first kappa shape index (κ1) is 14.5. The van der Waals surface area contributed by atoms with E-state index in [1.807, 2.05) is 0 Å². The van der Waals surface area contributed by atoms with E-state index in [4.69, 9.17) is 0 Å². The smallest absolute Gasteiger partial charge is 0.0348 e. The Balaban J connectivity index is 3.07. The molecule has 0 fully saturated rings. The summed E-state index contributed by atoms with van der Waals surface area (Å²) in [5, 5.41) is 0. The van der Waals surface area contributed by atoms with Crippen molar-refractivity contribution in [3.8, 4) is 0 Å². The number of unbranched alkanes of at least 4 members (excludes halogenated alkanes) is 6. The average molecular weight is 208 g/mol. The highest BCUT2D eigenvalue weighted by Gasteiger charge is 1.84. The fourth-order valence-electron chi connectivity index (χ4n) is 1.56. The molecular formula is C15H28. The molecule has 0 atom stereocenters. The Bertz CT molecular complexity index is 153. The van der Waals surface area contributed by atoms with Gasteiger partial charge in [0.05, 0.1) is 0 Å². The highest BCUT2D eigenvalue weighted by atomic mass is 13.9. The van der Waals surface area contributed by atoms with Crippen LogP contribution in [-0.2, 0) is 0 Å². The highest BCUT2D eigenvalue weighted by Crippen LogP contribution is 2.04. The van der Waals surface area contributed by atoms with Crippen LogP contribution in [0.2, 0.25) is 0 Å². The SMILES string of the molecule is CC/C=C\CCC/C=C\CCCCCC. The van der Waals surface area contributed by atoms with Crippen LogP contribution in [0.25, 0.3) is 0 Å². The van der Waals surface area contributed by atoms with Gasteiger partial charge in [-0.25, -0.2) is 0 Å². The minimum atomic E-state index is 1.17. The number of hydrogen-bond donors (Lipinski definition) is 0. The van der Waals surface area contributed by atoms with E-state index in [1.54, 1.807) is 0 Å². The lowest BCUT2D eigenvalue weighted by Gasteiger charge is -1.94. The standard InChI is InChI=1S/C15H28/c1-3-5-7-9-11-13-15-14-12-10-8-6-4-2/h5,7,14-15H,3-4,6,8-13H2,1-2H3/b7-5-,15-14-. The van der Waals surface area contributed by atoms with E-state index in [-0.39, 0.29) is 0 Å². The quantitative estimate of drug-likeness (QED) is 0.321. The number of allylic oxidation sites excluding steroid dienone is 4. The van der Waals surface area contributed by atoms with Crippen LogP contribution in [-0.4, -0.2) is 0 Å². The van der Waals surface area contributed by atoms with Gasteiger partial charge in [-0.3, -0.25) is 0 Å². The predicted molar refractivity (Wildman–Crippen MR) is 71.2 cm³/mol. The molecule has 0 aliphatic rings. The van der Waals surface area contributed by atoms with Gasteiger partial charge in [0.1, 0.15) is 0 Å². The van der Waals surface area contributed by atoms with E-state index in [0.29, 0.717) is 0 Å². The van der Waals surface area contributed by atoms with Crippen LogP contribution in [0.3, 0.4) is 0 Å². The third kappa shape index (κ3) is 13.5. The Hall–Kier alpha value is -0.520. The van der Waals surface area contributed by atoms with E-state index in [2.05, 4.69) is 38.2 Å². The zero-order valence-corrected chi connectivity index (χ0v) is 10.7. The Morgan fingerprint density at radius 3 is 1.80 bits per heavy atom. The molecule has 0 radical (unpaired) electrons. The second-order valence-electron chi connectivity index (χ2n) is 4.13. The van der Waals surface area contributed by atoms with Crippen LogP contribution in [0.1, 0.15) is 71.6 Å². The minimum absolute atomic E-state index is 1.17. The van der Waals surface area contributed by atoms with Crippen LogP contribution >= 0.6 is 0 Å². The molecule has 0 bridgehead atoms. The maximum absolute atomic E-state index is 2.36. The van der Waals surface area contributed by atoms with E-state index < -0.39 is 0 Å². The van der Waals surface area contributed by atoms with Gasteiger partial charge in [-0.2, -0.15) is 0 Å². The van der Waals surface area contributed by atoms with E-state index in [9.17, 15) is 0 Å². The molecule has 0 saturated carbocycles. The summed E-state index contributed by atoms with van der Waals surface area (Å²) in [7, 11) is 0. The molecule has 0 heterocycles. The molecule has 0 aromatic rings. The third-order valence-corrected chi connectivity index (χ3v) is 2.53. The predicted octanol–water partition coefficient (Wildman–Crippen LogP) is 5.65. The Labute approximate surface area is 96.5 Å². The van der Waals surface area contributed by atoms with Gasteiger partial charge in [0.15, 0.2) is 0 Å². The first-order valence-electron chi connectivity index (χ1n) is 6.71. The molecule has 0 nitrogen and oxygen atoms in total. The topological polar surface area (TPSA) is 0 Å². The zero-order valence-electron chi connectivity index (χ0n) is 10.7. The van der Waals surface area contributed by atoms with Crippen LogP contribution in [0.5, 0.6) is 0 Å². The molecular weight excluding hydrogens is 180 g/mol. The monoisotopic (exact) mass is 208 g/mol. The summed E-state index contributed by atoms with van der Waals surface area (Å²) in [6.45, 7) is 4.45. The molecule has 0 aromatic heterocycles. The molecule has 0 aliphatic heterocycles. The molecule has 15 heavy (non-hydrogen) atoms. The number of hydrogen-bond acceptors (Lipinski definition) is 0. The van der Waals surface area contributed by atoms with Crippen molar-refractivity contribution in [2.24, 2.45) is 0 Å².